The van der Waals surface area contributed by atoms with E-state index < -0.39 is 15.4 Å². The molecule has 3 rings (SSSR count). The molecule has 0 spiro atoms. The molecule has 1 saturated heterocycles. The number of benzene rings is 1. The van der Waals surface area contributed by atoms with Gasteiger partial charge in [-0.1, -0.05) is 0 Å². The van der Waals surface area contributed by atoms with Crippen molar-refractivity contribution in [2.45, 2.75) is 12.1 Å². The van der Waals surface area contributed by atoms with Crippen LogP contribution in [0, 0.1) is 0 Å². The lowest BCUT2D eigenvalue weighted by molar-refractivity contribution is -0.152. The number of hydrogen-bond acceptors (Lipinski definition) is 6. The van der Waals surface area contributed by atoms with Crippen LogP contribution in [0.25, 0.3) is 0 Å². The highest BCUT2D eigenvalue weighted by atomic mass is 32.2. The van der Waals surface area contributed by atoms with Crippen molar-refractivity contribution in [2.24, 2.45) is 0 Å². The van der Waals surface area contributed by atoms with Crippen molar-refractivity contribution in [1.82, 2.24) is 4.90 Å². The van der Waals surface area contributed by atoms with Gasteiger partial charge in [-0.3, -0.25) is 4.79 Å². The maximum absolute atomic E-state index is 12.8. The summed E-state index contributed by atoms with van der Waals surface area (Å²) in [6.07, 6.45) is 0. The van der Waals surface area contributed by atoms with Gasteiger partial charge in [0.05, 0.1) is 25.2 Å². The Kier molecular flexibility index (Phi) is 3.97. The number of nitrogens with zero attached hydrogens (tertiary/aromatic N) is 1. The Morgan fingerprint density at radius 1 is 1.30 bits per heavy atom. The number of sulfone groups is 1. The smallest absolute Gasteiger partial charge is 0.257 e. The highest BCUT2D eigenvalue weighted by molar-refractivity contribution is 7.93. The SMILES string of the molecule is COc1ccc2c(c1)OCCN(C(=O)C1(OC)CS(=O)(=O)C1)C2. The molecule has 1 amide bonds. The summed E-state index contributed by atoms with van der Waals surface area (Å²) in [7, 11) is -0.232. The number of amides is 1. The van der Waals surface area contributed by atoms with Crippen molar-refractivity contribution in [3.63, 3.8) is 0 Å². The summed E-state index contributed by atoms with van der Waals surface area (Å²) < 4.78 is 39.1. The number of carbonyl (C=O) groups excluding carboxylic acids is 1. The third-order valence-corrected chi connectivity index (χ3v) is 6.04. The predicted molar refractivity (Wildman–Crippen MR) is 82.3 cm³/mol. The van der Waals surface area contributed by atoms with E-state index in [0.717, 1.165) is 5.56 Å². The average Bonchev–Trinajstić information content (AvgIpc) is 2.72. The molecule has 1 aromatic carbocycles. The molecule has 0 atom stereocenters. The third-order valence-electron chi connectivity index (χ3n) is 4.23. The molecule has 0 radical (unpaired) electrons. The highest BCUT2D eigenvalue weighted by Crippen LogP contribution is 2.32. The molecule has 1 fully saturated rings. The largest absolute Gasteiger partial charge is 0.497 e. The lowest BCUT2D eigenvalue weighted by Gasteiger charge is -2.41. The molecule has 2 aliphatic heterocycles. The van der Waals surface area contributed by atoms with Crippen molar-refractivity contribution >= 4 is 15.7 Å². The lowest BCUT2D eigenvalue weighted by Crippen LogP contribution is -2.65. The molecule has 0 N–H and O–H groups in total. The van der Waals surface area contributed by atoms with Gasteiger partial charge in [0, 0.05) is 25.3 Å². The van der Waals surface area contributed by atoms with Gasteiger partial charge < -0.3 is 19.1 Å². The van der Waals surface area contributed by atoms with Crippen molar-refractivity contribution in [1.29, 1.82) is 0 Å². The predicted octanol–water partition coefficient (Wildman–Crippen LogP) is 0.230. The van der Waals surface area contributed by atoms with Gasteiger partial charge in [0.25, 0.3) is 5.91 Å². The van der Waals surface area contributed by atoms with E-state index in [0.29, 0.717) is 31.2 Å². The molecule has 0 aliphatic carbocycles. The minimum atomic E-state index is -3.18. The Morgan fingerprint density at radius 3 is 2.65 bits per heavy atom. The fraction of sp³-hybridized carbons (Fsp3) is 0.533. The first-order valence-corrected chi connectivity index (χ1v) is 9.06. The summed E-state index contributed by atoms with van der Waals surface area (Å²) in [5, 5.41) is 0. The van der Waals surface area contributed by atoms with Crippen molar-refractivity contribution in [2.75, 3.05) is 38.9 Å². The summed E-state index contributed by atoms with van der Waals surface area (Å²) in [5.74, 6) is 0.529. The van der Waals surface area contributed by atoms with Gasteiger partial charge in [0.2, 0.25) is 0 Å². The van der Waals surface area contributed by atoms with Crippen LogP contribution in [-0.4, -0.2) is 63.7 Å². The number of methoxy groups -OCH3 is 2. The number of ether oxygens (including phenoxy) is 3. The second-order valence-corrected chi connectivity index (χ2v) is 7.84. The zero-order valence-corrected chi connectivity index (χ0v) is 13.9. The van der Waals surface area contributed by atoms with Gasteiger partial charge in [-0.15, -0.1) is 0 Å². The summed E-state index contributed by atoms with van der Waals surface area (Å²) >= 11 is 0. The summed E-state index contributed by atoms with van der Waals surface area (Å²) in [5.41, 5.74) is -0.402. The fourth-order valence-electron chi connectivity index (χ4n) is 2.94. The van der Waals surface area contributed by atoms with E-state index in [1.807, 2.05) is 6.07 Å². The standard InChI is InChI=1S/C15H19NO6S/c1-20-12-4-3-11-8-16(5-6-22-13(11)7-12)14(17)15(21-2)9-23(18,19)10-15/h3-4,7H,5-6,8-10H2,1-2H3. The molecule has 7 nitrogen and oxygen atoms in total. The quantitative estimate of drug-likeness (QED) is 0.783. The van der Waals surface area contributed by atoms with E-state index >= 15 is 0 Å². The number of hydrogen-bond donors (Lipinski definition) is 0. The Balaban J connectivity index is 1.82. The van der Waals surface area contributed by atoms with E-state index in [1.165, 1.54) is 7.11 Å². The molecule has 0 aromatic heterocycles. The molecule has 0 unspecified atom stereocenters. The van der Waals surface area contributed by atoms with Crippen molar-refractivity contribution in [3.05, 3.63) is 23.8 Å². The van der Waals surface area contributed by atoms with Crippen LogP contribution in [0.3, 0.4) is 0 Å². The second-order valence-electron chi connectivity index (χ2n) is 5.78. The van der Waals surface area contributed by atoms with E-state index in [9.17, 15) is 13.2 Å². The minimum Gasteiger partial charge on any atom is -0.497 e. The molecule has 23 heavy (non-hydrogen) atoms. The van der Waals surface area contributed by atoms with Crippen LogP contribution >= 0.6 is 0 Å². The Morgan fingerprint density at radius 2 is 2.04 bits per heavy atom. The molecular weight excluding hydrogens is 322 g/mol. The normalized spacial score (nSPS) is 21.4. The minimum absolute atomic E-state index is 0.262. The van der Waals surface area contributed by atoms with Gasteiger partial charge in [-0.25, -0.2) is 8.42 Å². The van der Waals surface area contributed by atoms with E-state index in [2.05, 4.69) is 0 Å². The van der Waals surface area contributed by atoms with Crippen LogP contribution in [0.15, 0.2) is 18.2 Å². The Hall–Kier alpha value is -1.80. The lowest BCUT2D eigenvalue weighted by atomic mass is 10.1. The Labute approximate surface area is 135 Å². The molecule has 1 aromatic rings. The van der Waals surface area contributed by atoms with Crippen LogP contribution in [0.2, 0.25) is 0 Å². The first kappa shape index (κ1) is 16.1. The first-order chi connectivity index (χ1) is 10.9. The molecule has 2 aliphatic rings. The summed E-state index contributed by atoms with van der Waals surface area (Å²) in [6, 6.07) is 5.43. The van der Waals surface area contributed by atoms with Gasteiger partial charge in [-0.05, 0) is 12.1 Å². The maximum atomic E-state index is 12.8. The van der Waals surface area contributed by atoms with Crippen LogP contribution in [0.5, 0.6) is 11.5 Å². The zero-order valence-electron chi connectivity index (χ0n) is 13.1. The monoisotopic (exact) mass is 341 g/mol. The Bertz CT molecular complexity index is 717. The highest BCUT2D eigenvalue weighted by Gasteiger charge is 2.56. The first-order valence-electron chi connectivity index (χ1n) is 7.24. The van der Waals surface area contributed by atoms with Crippen LogP contribution in [0.1, 0.15) is 5.56 Å². The topological polar surface area (TPSA) is 82.1 Å². The molecule has 0 bridgehead atoms. The van der Waals surface area contributed by atoms with E-state index in [-0.39, 0.29) is 17.4 Å². The summed E-state index contributed by atoms with van der Waals surface area (Å²) in [6.45, 7) is 1.06. The maximum Gasteiger partial charge on any atom is 0.257 e. The van der Waals surface area contributed by atoms with Crippen LogP contribution in [0.4, 0.5) is 0 Å². The van der Waals surface area contributed by atoms with Gasteiger partial charge >= 0.3 is 0 Å². The molecule has 8 heteroatoms. The van der Waals surface area contributed by atoms with E-state index in [1.54, 1.807) is 24.1 Å². The van der Waals surface area contributed by atoms with Crippen LogP contribution < -0.4 is 9.47 Å². The van der Waals surface area contributed by atoms with Gasteiger partial charge in [0.15, 0.2) is 15.4 Å². The second kappa shape index (κ2) is 5.68. The van der Waals surface area contributed by atoms with Gasteiger partial charge in [-0.2, -0.15) is 0 Å². The molecule has 2 heterocycles. The number of carbonyl (C=O) groups is 1. The van der Waals surface area contributed by atoms with E-state index in [4.69, 9.17) is 14.2 Å². The van der Waals surface area contributed by atoms with Gasteiger partial charge in [0.1, 0.15) is 18.1 Å². The molecule has 126 valence electrons. The van der Waals surface area contributed by atoms with Crippen molar-refractivity contribution < 1.29 is 27.4 Å². The van der Waals surface area contributed by atoms with Crippen molar-refractivity contribution in [3.8, 4) is 11.5 Å². The summed E-state index contributed by atoms with van der Waals surface area (Å²) in [4.78, 5) is 14.4. The number of rotatable bonds is 3. The van der Waals surface area contributed by atoms with Crippen LogP contribution in [-0.2, 0) is 25.9 Å². The number of fused-ring (bicyclic) bond motifs is 1. The molecular formula is C15H19NO6S. The third kappa shape index (κ3) is 2.88. The fourth-order valence-corrected chi connectivity index (χ4v) is 4.75. The average molecular weight is 341 g/mol. The zero-order chi connectivity index (χ0) is 16.7. The molecule has 0 saturated carbocycles.